The summed E-state index contributed by atoms with van der Waals surface area (Å²) in [5.74, 6) is -0.500. The van der Waals surface area contributed by atoms with E-state index in [1.54, 1.807) is 11.0 Å². The number of amides is 1. The molecule has 126 valence electrons. The minimum Gasteiger partial charge on any atom is -0.504 e. The highest BCUT2D eigenvalue weighted by atomic mass is 16.3. The third kappa shape index (κ3) is 4.18. The fourth-order valence-corrected chi connectivity index (χ4v) is 2.65. The summed E-state index contributed by atoms with van der Waals surface area (Å²) in [6.07, 6.45) is 0.134. The molecule has 2 N–H and O–H groups in total. The van der Waals surface area contributed by atoms with Crippen molar-refractivity contribution in [1.82, 2.24) is 0 Å². The average molecular weight is 333 g/mol. The van der Waals surface area contributed by atoms with Crippen molar-refractivity contribution in [1.29, 1.82) is 0 Å². The predicted molar refractivity (Wildman–Crippen MR) is 97.5 cm³/mol. The Hall–Kier alpha value is -3.27. The van der Waals surface area contributed by atoms with Gasteiger partial charge >= 0.3 is 0 Å². The van der Waals surface area contributed by atoms with Gasteiger partial charge in [0.25, 0.3) is 0 Å². The molecule has 0 aliphatic heterocycles. The molecule has 0 spiro atoms. The topological polar surface area (TPSA) is 60.8 Å². The van der Waals surface area contributed by atoms with E-state index in [0.29, 0.717) is 12.1 Å². The second-order valence-corrected chi connectivity index (χ2v) is 5.80. The number of carbonyl (C=O) groups is 1. The first kappa shape index (κ1) is 16.6. The third-order valence-corrected chi connectivity index (χ3v) is 3.95. The Morgan fingerprint density at radius 2 is 1.40 bits per heavy atom. The van der Waals surface area contributed by atoms with E-state index in [0.717, 1.165) is 11.3 Å². The van der Waals surface area contributed by atoms with Gasteiger partial charge in [-0.05, 0) is 35.4 Å². The van der Waals surface area contributed by atoms with Gasteiger partial charge in [-0.1, -0.05) is 54.6 Å². The minimum atomic E-state index is -0.223. The summed E-state index contributed by atoms with van der Waals surface area (Å²) in [4.78, 5) is 14.6. The molecule has 0 aromatic heterocycles. The van der Waals surface area contributed by atoms with Crippen LogP contribution in [0.15, 0.2) is 78.9 Å². The van der Waals surface area contributed by atoms with Crippen LogP contribution < -0.4 is 4.90 Å². The molecular formula is C21H19NO3. The Balaban J connectivity index is 1.85. The molecule has 3 rings (SSSR count). The molecule has 0 bridgehead atoms. The Labute approximate surface area is 146 Å². The Morgan fingerprint density at radius 3 is 2.04 bits per heavy atom. The van der Waals surface area contributed by atoms with Crippen LogP contribution in [0.2, 0.25) is 0 Å². The zero-order chi connectivity index (χ0) is 17.6. The minimum absolute atomic E-state index is 0.0832. The van der Waals surface area contributed by atoms with Gasteiger partial charge in [0.1, 0.15) is 0 Å². The van der Waals surface area contributed by atoms with Gasteiger partial charge in [-0.25, -0.2) is 0 Å². The molecule has 0 fully saturated rings. The van der Waals surface area contributed by atoms with E-state index in [2.05, 4.69) is 0 Å². The molecule has 4 nitrogen and oxygen atoms in total. The van der Waals surface area contributed by atoms with Crippen LogP contribution >= 0.6 is 0 Å². The van der Waals surface area contributed by atoms with E-state index in [4.69, 9.17) is 0 Å². The van der Waals surface area contributed by atoms with Crippen molar-refractivity contribution in [3.63, 3.8) is 0 Å². The van der Waals surface area contributed by atoms with Crippen LogP contribution in [0.25, 0.3) is 0 Å². The number of para-hydroxylation sites is 1. The van der Waals surface area contributed by atoms with Crippen LogP contribution in [0.3, 0.4) is 0 Å². The molecule has 0 radical (unpaired) electrons. The van der Waals surface area contributed by atoms with Gasteiger partial charge in [-0.15, -0.1) is 0 Å². The number of benzene rings is 3. The van der Waals surface area contributed by atoms with E-state index in [9.17, 15) is 15.0 Å². The fourth-order valence-electron chi connectivity index (χ4n) is 2.65. The van der Waals surface area contributed by atoms with Gasteiger partial charge in [-0.3, -0.25) is 4.79 Å². The molecule has 0 aliphatic carbocycles. The summed E-state index contributed by atoms with van der Waals surface area (Å²) in [6, 6.07) is 23.7. The predicted octanol–water partition coefficient (Wildman–Crippen LogP) is 3.87. The van der Waals surface area contributed by atoms with Gasteiger partial charge in [0.2, 0.25) is 5.91 Å². The van der Waals surface area contributed by atoms with Gasteiger partial charge in [-0.2, -0.15) is 0 Å². The Kier molecular flexibility index (Phi) is 5.00. The smallest absolute Gasteiger partial charge is 0.231 e. The summed E-state index contributed by atoms with van der Waals surface area (Å²) in [6.45, 7) is 0.466. The summed E-state index contributed by atoms with van der Waals surface area (Å²) >= 11 is 0. The molecule has 3 aromatic carbocycles. The van der Waals surface area contributed by atoms with Gasteiger partial charge in [0, 0.05) is 5.69 Å². The molecule has 0 atom stereocenters. The zero-order valence-electron chi connectivity index (χ0n) is 13.7. The van der Waals surface area contributed by atoms with Crippen LogP contribution in [-0.4, -0.2) is 16.1 Å². The summed E-state index contributed by atoms with van der Waals surface area (Å²) in [5.41, 5.74) is 2.50. The first-order chi connectivity index (χ1) is 12.1. The standard InChI is InChI=1S/C21H19NO3/c23-19-12-11-17(13-20(19)24)14-21(25)22(18-9-5-2-6-10-18)15-16-7-3-1-4-8-16/h1-13,23-24H,14-15H2. The van der Waals surface area contributed by atoms with Crippen molar-refractivity contribution in [2.75, 3.05) is 4.90 Å². The largest absolute Gasteiger partial charge is 0.504 e. The first-order valence-corrected chi connectivity index (χ1v) is 8.03. The number of rotatable bonds is 5. The number of aromatic hydroxyl groups is 2. The van der Waals surface area contributed by atoms with Crippen LogP contribution in [0.1, 0.15) is 11.1 Å². The summed E-state index contributed by atoms with van der Waals surface area (Å²) in [7, 11) is 0. The maximum absolute atomic E-state index is 12.9. The maximum Gasteiger partial charge on any atom is 0.231 e. The van der Waals surface area contributed by atoms with Crippen molar-refractivity contribution in [2.24, 2.45) is 0 Å². The van der Waals surface area contributed by atoms with Crippen molar-refractivity contribution < 1.29 is 15.0 Å². The molecule has 25 heavy (non-hydrogen) atoms. The van der Waals surface area contributed by atoms with Gasteiger partial charge in [0.15, 0.2) is 11.5 Å². The summed E-state index contributed by atoms with van der Waals surface area (Å²) in [5, 5.41) is 19.0. The van der Waals surface area contributed by atoms with Gasteiger partial charge < -0.3 is 15.1 Å². The van der Waals surface area contributed by atoms with E-state index < -0.39 is 0 Å². The zero-order valence-corrected chi connectivity index (χ0v) is 13.7. The molecular weight excluding hydrogens is 314 g/mol. The first-order valence-electron chi connectivity index (χ1n) is 8.03. The Morgan fingerprint density at radius 1 is 0.760 bits per heavy atom. The number of phenolic OH excluding ortho intramolecular Hbond substituents is 2. The number of hydrogen-bond acceptors (Lipinski definition) is 3. The van der Waals surface area contributed by atoms with Crippen LogP contribution in [-0.2, 0) is 17.8 Å². The number of hydrogen-bond donors (Lipinski definition) is 2. The average Bonchev–Trinajstić information content (AvgIpc) is 2.64. The molecule has 1 amide bonds. The van der Waals surface area contributed by atoms with E-state index >= 15 is 0 Å². The highest BCUT2D eigenvalue weighted by Gasteiger charge is 2.17. The molecule has 4 heteroatoms. The van der Waals surface area contributed by atoms with E-state index in [1.807, 2.05) is 60.7 Å². The third-order valence-electron chi connectivity index (χ3n) is 3.95. The molecule has 0 heterocycles. The lowest BCUT2D eigenvalue weighted by Gasteiger charge is -2.23. The lowest BCUT2D eigenvalue weighted by Crippen LogP contribution is -2.31. The molecule has 0 aliphatic rings. The molecule has 3 aromatic rings. The van der Waals surface area contributed by atoms with E-state index in [-0.39, 0.29) is 23.8 Å². The molecule has 0 unspecified atom stereocenters. The number of anilines is 1. The molecule has 0 saturated heterocycles. The lowest BCUT2D eigenvalue weighted by molar-refractivity contribution is -0.118. The van der Waals surface area contributed by atoms with Crippen LogP contribution in [0.5, 0.6) is 11.5 Å². The Bertz CT molecular complexity index is 848. The highest BCUT2D eigenvalue weighted by Crippen LogP contribution is 2.26. The number of carbonyl (C=O) groups excluding carboxylic acids is 1. The van der Waals surface area contributed by atoms with E-state index in [1.165, 1.54) is 12.1 Å². The summed E-state index contributed by atoms with van der Waals surface area (Å²) < 4.78 is 0. The number of nitrogens with zero attached hydrogens (tertiary/aromatic N) is 1. The maximum atomic E-state index is 12.9. The second-order valence-electron chi connectivity index (χ2n) is 5.80. The van der Waals surface area contributed by atoms with Crippen molar-refractivity contribution in [3.8, 4) is 11.5 Å². The molecule has 0 saturated carbocycles. The van der Waals surface area contributed by atoms with Crippen LogP contribution in [0.4, 0.5) is 5.69 Å². The van der Waals surface area contributed by atoms with Crippen molar-refractivity contribution in [3.05, 3.63) is 90.0 Å². The fraction of sp³-hybridized carbons (Fsp3) is 0.0952. The quantitative estimate of drug-likeness (QED) is 0.697. The van der Waals surface area contributed by atoms with Crippen molar-refractivity contribution >= 4 is 11.6 Å². The monoisotopic (exact) mass is 333 g/mol. The van der Waals surface area contributed by atoms with Gasteiger partial charge in [0.05, 0.1) is 13.0 Å². The highest BCUT2D eigenvalue weighted by molar-refractivity contribution is 5.94. The SMILES string of the molecule is O=C(Cc1ccc(O)c(O)c1)N(Cc1ccccc1)c1ccccc1. The normalized spacial score (nSPS) is 10.4. The lowest BCUT2D eigenvalue weighted by atomic mass is 10.1. The van der Waals surface area contributed by atoms with Crippen molar-refractivity contribution in [2.45, 2.75) is 13.0 Å². The van der Waals surface area contributed by atoms with Crippen LogP contribution in [0, 0.1) is 0 Å². The second kappa shape index (κ2) is 7.53. The number of phenols is 2.